The van der Waals surface area contributed by atoms with Crippen LogP contribution >= 0.6 is 12.6 Å². The maximum atomic E-state index is 11.6. The van der Waals surface area contributed by atoms with Crippen molar-refractivity contribution in [2.45, 2.75) is 17.7 Å². The van der Waals surface area contributed by atoms with E-state index in [0.29, 0.717) is 13.2 Å². The third-order valence-electron chi connectivity index (χ3n) is 2.95. The Morgan fingerprint density at radius 2 is 2.06 bits per heavy atom. The van der Waals surface area contributed by atoms with E-state index in [0.717, 1.165) is 12.2 Å². The van der Waals surface area contributed by atoms with E-state index >= 15 is 0 Å². The van der Waals surface area contributed by atoms with Crippen LogP contribution in [0.3, 0.4) is 0 Å². The SMILES string of the molecule is CS(=O)(=O)N1C[C@H](S)C[C@H]1COc1ccccc1. The number of sulfonamides is 1. The van der Waals surface area contributed by atoms with Crippen LogP contribution in [0.5, 0.6) is 5.75 Å². The fourth-order valence-corrected chi connectivity index (χ4v) is 3.80. The van der Waals surface area contributed by atoms with Crippen LogP contribution in [0.2, 0.25) is 0 Å². The van der Waals surface area contributed by atoms with Crippen LogP contribution in [0.4, 0.5) is 0 Å². The van der Waals surface area contributed by atoms with Gasteiger partial charge < -0.3 is 4.74 Å². The number of thiol groups is 1. The van der Waals surface area contributed by atoms with Crippen molar-refractivity contribution >= 4 is 22.7 Å². The summed E-state index contributed by atoms with van der Waals surface area (Å²) in [7, 11) is -3.18. The highest BCUT2D eigenvalue weighted by Crippen LogP contribution is 2.25. The molecule has 2 rings (SSSR count). The summed E-state index contributed by atoms with van der Waals surface area (Å²) in [5.74, 6) is 0.758. The summed E-state index contributed by atoms with van der Waals surface area (Å²) in [5, 5.41) is 0.0871. The van der Waals surface area contributed by atoms with E-state index in [1.807, 2.05) is 30.3 Å². The molecule has 0 N–H and O–H groups in total. The third kappa shape index (κ3) is 3.40. The molecule has 0 amide bonds. The molecule has 1 saturated heterocycles. The molecule has 1 aromatic carbocycles. The number of rotatable bonds is 4. The average Bonchev–Trinajstić information content (AvgIpc) is 2.69. The standard InChI is InChI=1S/C12H17NO3S2/c1-18(14,15)13-8-12(17)7-10(13)9-16-11-5-3-2-4-6-11/h2-6,10,12,17H,7-9H2,1H3/t10-,12+/m0/s1. The van der Waals surface area contributed by atoms with E-state index in [-0.39, 0.29) is 11.3 Å². The van der Waals surface area contributed by atoms with E-state index in [4.69, 9.17) is 4.74 Å². The summed E-state index contributed by atoms with van der Waals surface area (Å²) in [6, 6.07) is 9.28. The van der Waals surface area contributed by atoms with Crippen LogP contribution in [0.25, 0.3) is 0 Å². The molecule has 2 atom stereocenters. The predicted octanol–water partition coefficient (Wildman–Crippen LogP) is 1.40. The van der Waals surface area contributed by atoms with Gasteiger partial charge in [0.2, 0.25) is 10.0 Å². The quantitative estimate of drug-likeness (QED) is 0.852. The summed E-state index contributed by atoms with van der Waals surface area (Å²) in [6.07, 6.45) is 1.96. The Hall–Kier alpha value is -0.720. The van der Waals surface area contributed by atoms with E-state index in [1.54, 1.807) is 0 Å². The van der Waals surface area contributed by atoms with Gasteiger partial charge in [0.25, 0.3) is 0 Å². The molecule has 1 aliphatic heterocycles. The first-order valence-electron chi connectivity index (χ1n) is 5.79. The van der Waals surface area contributed by atoms with Gasteiger partial charge in [-0.25, -0.2) is 8.42 Å². The first kappa shape index (κ1) is 13.7. The normalized spacial score (nSPS) is 25.2. The lowest BCUT2D eigenvalue weighted by atomic mass is 10.2. The summed E-state index contributed by atoms with van der Waals surface area (Å²) in [6.45, 7) is 0.832. The topological polar surface area (TPSA) is 46.6 Å². The lowest BCUT2D eigenvalue weighted by Gasteiger charge is -2.22. The Balaban J connectivity index is 2.00. The highest BCUT2D eigenvalue weighted by atomic mass is 32.2. The first-order chi connectivity index (χ1) is 8.47. The number of hydrogen-bond donors (Lipinski definition) is 1. The van der Waals surface area contributed by atoms with Gasteiger partial charge >= 0.3 is 0 Å². The predicted molar refractivity (Wildman–Crippen MR) is 74.7 cm³/mol. The molecule has 4 nitrogen and oxygen atoms in total. The maximum absolute atomic E-state index is 11.6. The summed E-state index contributed by atoms with van der Waals surface area (Å²) in [5.41, 5.74) is 0. The lowest BCUT2D eigenvalue weighted by molar-refractivity contribution is 0.233. The van der Waals surface area contributed by atoms with Crippen molar-refractivity contribution in [1.29, 1.82) is 0 Å². The van der Waals surface area contributed by atoms with E-state index in [2.05, 4.69) is 12.6 Å². The summed E-state index contributed by atoms with van der Waals surface area (Å²) in [4.78, 5) is 0. The minimum Gasteiger partial charge on any atom is -0.492 e. The monoisotopic (exact) mass is 287 g/mol. The average molecular weight is 287 g/mol. The zero-order chi connectivity index (χ0) is 13.2. The van der Waals surface area contributed by atoms with E-state index in [9.17, 15) is 8.42 Å². The molecule has 0 spiro atoms. The molecule has 6 heteroatoms. The number of nitrogens with zero attached hydrogens (tertiary/aromatic N) is 1. The fraction of sp³-hybridized carbons (Fsp3) is 0.500. The Kier molecular flexibility index (Phi) is 4.19. The van der Waals surface area contributed by atoms with Crippen LogP contribution in [0, 0.1) is 0 Å². The molecule has 0 aliphatic carbocycles. The number of ether oxygens (including phenoxy) is 1. The number of hydrogen-bond acceptors (Lipinski definition) is 4. The Morgan fingerprint density at radius 3 is 2.67 bits per heavy atom. The van der Waals surface area contributed by atoms with E-state index < -0.39 is 10.0 Å². The molecule has 1 heterocycles. The van der Waals surface area contributed by atoms with Crippen molar-refractivity contribution in [1.82, 2.24) is 4.31 Å². The number of para-hydroxylation sites is 1. The van der Waals surface area contributed by atoms with Crippen molar-refractivity contribution in [3.63, 3.8) is 0 Å². The van der Waals surface area contributed by atoms with Gasteiger partial charge in [-0.15, -0.1) is 0 Å². The van der Waals surface area contributed by atoms with Crippen LogP contribution in [-0.2, 0) is 10.0 Å². The summed E-state index contributed by atoms with van der Waals surface area (Å²) >= 11 is 4.36. The molecule has 0 saturated carbocycles. The maximum Gasteiger partial charge on any atom is 0.211 e. The van der Waals surface area contributed by atoms with Gasteiger partial charge in [-0.3, -0.25) is 0 Å². The smallest absolute Gasteiger partial charge is 0.211 e. The van der Waals surface area contributed by atoms with E-state index in [1.165, 1.54) is 10.6 Å². The summed E-state index contributed by atoms with van der Waals surface area (Å²) < 4.78 is 30.4. The van der Waals surface area contributed by atoms with Crippen LogP contribution < -0.4 is 4.74 Å². The largest absolute Gasteiger partial charge is 0.492 e. The zero-order valence-electron chi connectivity index (χ0n) is 10.2. The van der Waals surface area contributed by atoms with Gasteiger partial charge in [0.15, 0.2) is 0 Å². The Bertz CT molecular complexity index is 489. The van der Waals surface area contributed by atoms with Crippen LogP contribution in [-0.4, -0.2) is 43.4 Å². The van der Waals surface area contributed by atoms with Crippen molar-refractivity contribution in [2.75, 3.05) is 19.4 Å². The van der Waals surface area contributed by atoms with Gasteiger partial charge in [-0.2, -0.15) is 16.9 Å². The molecule has 0 bridgehead atoms. The van der Waals surface area contributed by atoms with Gasteiger partial charge in [-0.1, -0.05) is 18.2 Å². The Labute approximate surface area is 113 Å². The van der Waals surface area contributed by atoms with Crippen molar-refractivity contribution in [3.05, 3.63) is 30.3 Å². The van der Waals surface area contributed by atoms with Gasteiger partial charge in [0.1, 0.15) is 12.4 Å². The van der Waals surface area contributed by atoms with Gasteiger partial charge in [0.05, 0.1) is 12.3 Å². The molecule has 1 aromatic rings. The second kappa shape index (κ2) is 5.50. The fourth-order valence-electron chi connectivity index (χ4n) is 2.13. The minimum atomic E-state index is -3.18. The lowest BCUT2D eigenvalue weighted by Crippen LogP contribution is -2.38. The van der Waals surface area contributed by atoms with Crippen LogP contribution in [0.15, 0.2) is 30.3 Å². The minimum absolute atomic E-state index is 0.0871. The Morgan fingerprint density at radius 1 is 1.39 bits per heavy atom. The van der Waals surface area contributed by atoms with Crippen molar-refractivity contribution in [2.24, 2.45) is 0 Å². The van der Waals surface area contributed by atoms with Gasteiger partial charge in [0, 0.05) is 11.8 Å². The molecule has 18 heavy (non-hydrogen) atoms. The molecule has 1 aliphatic rings. The highest BCUT2D eigenvalue weighted by Gasteiger charge is 2.36. The second-order valence-electron chi connectivity index (χ2n) is 4.50. The molecule has 0 unspecified atom stereocenters. The molecule has 0 radical (unpaired) electrons. The van der Waals surface area contributed by atoms with Crippen molar-refractivity contribution < 1.29 is 13.2 Å². The molecule has 1 fully saturated rings. The highest BCUT2D eigenvalue weighted by molar-refractivity contribution is 7.88. The second-order valence-corrected chi connectivity index (χ2v) is 7.17. The van der Waals surface area contributed by atoms with Crippen LogP contribution in [0.1, 0.15) is 6.42 Å². The zero-order valence-corrected chi connectivity index (χ0v) is 11.9. The molecular formula is C12H17NO3S2. The third-order valence-corrected chi connectivity index (χ3v) is 4.63. The number of benzene rings is 1. The van der Waals surface area contributed by atoms with Gasteiger partial charge in [-0.05, 0) is 18.6 Å². The van der Waals surface area contributed by atoms with Crippen molar-refractivity contribution in [3.8, 4) is 5.75 Å². The molecular weight excluding hydrogens is 270 g/mol. The molecule has 0 aromatic heterocycles. The molecule has 100 valence electrons. The first-order valence-corrected chi connectivity index (χ1v) is 8.16.